The second-order valence-corrected chi connectivity index (χ2v) is 14.9. The van der Waals surface area contributed by atoms with Gasteiger partial charge < -0.3 is 19.4 Å². The molecule has 0 N–H and O–H groups in total. The molecule has 0 bridgehead atoms. The molecule has 1 aromatic carbocycles. The van der Waals surface area contributed by atoms with Gasteiger partial charge in [-0.25, -0.2) is 19.2 Å². The molecule has 3 fully saturated rings. The van der Waals surface area contributed by atoms with Gasteiger partial charge in [-0.1, -0.05) is 24.3 Å². The summed E-state index contributed by atoms with van der Waals surface area (Å²) in [4.78, 5) is 29.4. The molecule has 1 aromatic heterocycles. The highest BCUT2D eigenvalue weighted by molar-refractivity contribution is 5.68. The summed E-state index contributed by atoms with van der Waals surface area (Å²) in [7, 11) is 4.28. The summed E-state index contributed by atoms with van der Waals surface area (Å²) < 4.78 is 19.8. The first kappa shape index (κ1) is 32.9. The molecule has 10 nitrogen and oxygen atoms in total. The minimum Gasteiger partial charge on any atom is -0.444 e. The predicted octanol–water partition coefficient (Wildman–Crippen LogP) is 5.19. The number of hydrogen-bond donors (Lipinski definition) is 0. The number of carbonyl (C=O) groups excluding carboxylic acids is 1. The summed E-state index contributed by atoms with van der Waals surface area (Å²) in [5.74, 6) is 0.836. The summed E-state index contributed by atoms with van der Waals surface area (Å²) >= 11 is 0. The van der Waals surface area contributed by atoms with Crippen LogP contribution in [0.5, 0.6) is 0 Å². The van der Waals surface area contributed by atoms with Gasteiger partial charge in [-0.15, -0.1) is 0 Å². The number of amides is 1. The molecule has 0 spiro atoms. The molecule has 48 heavy (non-hydrogen) atoms. The number of fused-ring (bicyclic) bond motifs is 1. The molecule has 0 radical (unpaired) electrons. The van der Waals surface area contributed by atoms with Crippen LogP contribution in [0.4, 0.5) is 15.0 Å². The predicted molar refractivity (Wildman–Crippen MR) is 186 cm³/mol. The lowest BCUT2D eigenvalue weighted by atomic mass is 10.0. The maximum atomic E-state index is 14.2. The number of carbonyl (C=O) groups is 1. The van der Waals surface area contributed by atoms with Crippen LogP contribution in [0.15, 0.2) is 60.8 Å². The van der Waals surface area contributed by atoms with Crippen LogP contribution < -0.4 is 4.90 Å². The van der Waals surface area contributed by atoms with Crippen molar-refractivity contribution in [1.29, 1.82) is 0 Å². The highest BCUT2D eigenvalue weighted by Gasteiger charge is 2.42. The zero-order valence-corrected chi connectivity index (χ0v) is 29.1. The fraction of sp³-hybridized carbons (Fsp3) is 0.568. The monoisotopic (exact) mass is 658 g/mol. The Morgan fingerprint density at radius 3 is 2.35 bits per heavy atom. The average Bonchev–Trinajstić information content (AvgIpc) is 3.70. The van der Waals surface area contributed by atoms with Gasteiger partial charge in [-0.2, -0.15) is 0 Å². The Hall–Kier alpha value is -3.67. The van der Waals surface area contributed by atoms with Crippen LogP contribution in [0.2, 0.25) is 0 Å². The number of aromatic nitrogens is 1. The van der Waals surface area contributed by atoms with Gasteiger partial charge in [0.25, 0.3) is 0 Å². The number of piperidine rings is 1. The highest BCUT2D eigenvalue weighted by Crippen LogP contribution is 2.40. The second kappa shape index (κ2) is 13.3. The molecular weight excluding hydrogens is 607 g/mol. The number of likely N-dealkylation sites (tertiary alicyclic amines) is 2. The van der Waals surface area contributed by atoms with Gasteiger partial charge in [0.1, 0.15) is 23.4 Å². The quantitative estimate of drug-likeness (QED) is 0.404. The highest BCUT2D eigenvalue weighted by atomic mass is 19.1. The number of benzene rings is 1. The Bertz CT molecular complexity index is 1530. The Balaban J connectivity index is 0.996. The molecule has 5 aliphatic rings. The zero-order chi connectivity index (χ0) is 33.6. The molecule has 3 atom stereocenters. The molecule has 2 aromatic rings. The molecule has 0 saturated carbocycles. The molecule has 258 valence electrons. The summed E-state index contributed by atoms with van der Waals surface area (Å²) in [6.07, 6.45) is 10.8. The lowest BCUT2D eigenvalue weighted by Crippen LogP contribution is -2.58. The van der Waals surface area contributed by atoms with Crippen molar-refractivity contribution < 1.29 is 13.9 Å². The molecular formula is C37H51FN8O2. The van der Waals surface area contributed by atoms with E-state index in [1.54, 1.807) is 6.07 Å². The van der Waals surface area contributed by atoms with Crippen molar-refractivity contribution in [2.75, 3.05) is 64.8 Å². The first-order chi connectivity index (χ1) is 23.1. The Labute approximate surface area is 285 Å². The van der Waals surface area contributed by atoms with E-state index in [-0.39, 0.29) is 30.3 Å². The van der Waals surface area contributed by atoms with Crippen molar-refractivity contribution in [2.24, 2.45) is 0 Å². The van der Waals surface area contributed by atoms with Crippen LogP contribution in [0.1, 0.15) is 63.8 Å². The third kappa shape index (κ3) is 6.64. The number of pyridine rings is 1. The molecule has 6 heterocycles. The summed E-state index contributed by atoms with van der Waals surface area (Å²) in [6, 6.07) is 14.1. The largest absolute Gasteiger partial charge is 0.444 e. The van der Waals surface area contributed by atoms with E-state index in [0.717, 1.165) is 94.3 Å². The number of rotatable bonds is 5. The third-order valence-electron chi connectivity index (χ3n) is 10.6. The molecule has 1 amide bonds. The first-order valence-electron chi connectivity index (χ1n) is 17.7. The minimum atomic E-state index is -0.465. The Kier molecular flexibility index (Phi) is 9.12. The van der Waals surface area contributed by atoms with Crippen molar-refractivity contribution >= 4 is 17.6 Å². The van der Waals surface area contributed by atoms with E-state index in [9.17, 15) is 9.18 Å². The molecule has 5 aliphatic heterocycles. The second-order valence-electron chi connectivity index (χ2n) is 14.9. The van der Waals surface area contributed by atoms with Crippen LogP contribution in [0.3, 0.4) is 0 Å². The standard InChI is InChI=1S/C37H51FN8O2/c1-37(2,3)48-36(47)44-19-16-29(17-20-44)42-21-23-43(24-22-42)33-13-7-11-30(39-33)32-26-40(4)34-14-15-35(41(5)46(32)34)45-18-8-12-31(45)27-9-6-10-28(38)25-27/h6-7,9-11,13-15,25-26,29,31,34-35H,8,12,16-24H2,1-5H3/t31-,34?,35?/m1/s1. The van der Waals surface area contributed by atoms with E-state index in [4.69, 9.17) is 9.72 Å². The number of likely N-dealkylation sites (N-methyl/N-ethyl adjacent to an activating group) is 2. The number of nitrogens with zero attached hydrogens (tertiary/aromatic N) is 8. The number of ether oxygens (including phenoxy) is 1. The van der Waals surface area contributed by atoms with E-state index in [0.29, 0.717) is 6.04 Å². The van der Waals surface area contributed by atoms with Gasteiger partial charge in [-0.3, -0.25) is 14.8 Å². The van der Waals surface area contributed by atoms with Gasteiger partial charge in [0, 0.05) is 78.2 Å². The summed E-state index contributed by atoms with van der Waals surface area (Å²) in [6.45, 7) is 12.0. The lowest BCUT2D eigenvalue weighted by Gasteiger charge is -2.48. The van der Waals surface area contributed by atoms with Crippen molar-refractivity contribution in [3.05, 3.63) is 77.9 Å². The van der Waals surface area contributed by atoms with E-state index < -0.39 is 5.60 Å². The fourth-order valence-corrected chi connectivity index (χ4v) is 8.15. The molecule has 11 heteroatoms. The van der Waals surface area contributed by atoms with Crippen LogP contribution in [-0.4, -0.2) is 125 Å². The number of halogens is 1. The number of anilines is 1. The summed E-state index contributed by atoms with van der Waals surface area (Å²) in [5.41, 5.74) is 2.63. The Morgan fingerprint density at radius 1 is 0.896 bits per heavy atom. The lowest BCUT2D eigenvalue weighted by molar-refractivity contribution is -0.0775. The van der Waals surface area contributed by atoms with E-state index in [2.05, 4.69) is 86.3 Å². The van der Waals surface area contributed by atoms with Gasteiger partial charge in [-0.05, 0) is 82.4 Å². The molecule has 2 unspecified atom stereocenters. The van der Waals surface area contributed by atoms with E-state index in [1.807, 2.05) is 31.7 Å². The van der Waals surface area contributed by atoms with Crippen molar-refractivity contribution in [2.45, 2.75) is 76.5 Å². The third-order valence-corrected chi connectivity index (χ3v) is 10.6. The van der Waals surface area contributed by atoms with E-state index >= 15 is 0 Å². The van der Waals surface area contributed by atoms with Gasteiger partial charge in [0.2, 0.25) is 0 Å². The smallest absolute Gasteiger partial charge is 0.410 e. The minimum absolute atomic E-state index is 0.0548. The SMILES string of the molecule is CN1C=C(c2cccc(N3CCN(C4CCN(C(=O)OC(C)(C)C)CC4)CC3)n2)N2C1C=CC(N1CCC[C@@H]1c1cccc(F)c1)N2C. The first-order valence-corrected chi connectivity index (χ1v) is 17.7. The fourth-order valence-electron chi connectivity index (χ4n) is 8.15. The van der Waals surface area contributed by atoms with Gasteiger partial charge >= 0.3 is 6.09 Å². The van der Waals surface area contributed by atoms with Crippen LogP contribution in [-0.2, 0) is 4.74 Å². The van der Waals surface area contributed by atoms with Crippen LogP contribution in [0.25, 0.3) is 5.70 Å². The number of piperazine rings is 1. The van der Waals surface area contributed by atoms with Crippen molar-refractivity contribution in [1.82, 2.24) is 34.6 Å². The number of hydrogen-bond acceptors (Lipinski definition) is 9. The van der Waals surface area contributed by atoms with Crippen molar-refractivity contribution in [3.8, 4) is 0 Å². The average molecular weight is 659 g/mol. The molecule has 3 saturated heterocycles. The van der Waals surface area contributed by atoms with Crippen molar-refractivity contribution in [3.63, 3.8) is 0 Å². The van der Waals surface area contributed by atoms with Crippen LogP contribution >= 0.6 is 0 Å². The topological polar surface area (TPSA) is 61.9 Å². The maximum Gasteiger partial charge on any atom is 0.410 e. The van der Waals surface area contributed by atoms with Gasteiger partial charge in [0.15, 0.2) is 0 Å². The normalized spacial score (nSPS) is 26.3. The zero-order valence-electron chi connectivity index (χ0n) is 29.1. The summed E-state index contributed by atoms with van der Waals surface area (Å²) in [5, 5.41) is 4.69. The van der Waals surface area contributed by atoms with E-state index in [1.165, 1.54) is 6.07 Å². The van der Waals surface area contributed by atoms with Gasteiger partial charge in [0.05, 0.1) is 17.6 Å². The maximum absolute atomic E-state index is 14.2. The van der Waals surface area contributed by atoms with Crippen LogP contribution in [0, 0.1) is 5.82 Å². The molecule has 0 aliphatic carbocycles. The molecule has 7 rings (SSSR count). The Morgan fingerprint density at radius 2 is 1.62 bits per heavy atom. The number of hydrazine groups is 1.